The van der Waals surface area contributed by atoms with E-state index in [1.165, 1.54) is 10.5 Å². The van der Waals surface area contributed by atoms with Crippen molar-refractivity contribution in [1.29, 1.82) is 0 Å². The van der Waals surface area contributed by atoms with Crippen LogP contribution in [0, 0.1) is 0 Å². The smallest absolute Gasteiger partial charge is 0.0708 e. The molecular formula is C4H9ClNOP. The molecule has 0 aromatic carbocycles. The van der Waals surface area contributed by atoms with Crippen molar-refractivity contribution < 1.29 is 4.84 Å². The van der Waals surface area contributed by atoms with Gasteiger partial charge >= 0.3 is 0 Å². The molecule has 2 nitrogen and oxygen atoms in total. The van der Waals surface area contributed by atoms with Gasteiger partial charge in [0.1, 0.15) is 0 Å². The van der Waals surface area contributed by atoms with Crippen LogP contribution in [0.15, 0.2) is 0 Å². The molecule has 0 saturated carbocycles. The Hall–Kier alpha value is 0.640. The van der Waals surface area contributed by atoms with E-state index < -0.39 is 0 Å². The first kappa shape index (κ1) is 6.76. The Bertz CT molecular complexity index is 72.4. The molecule has 1 aliphatic heterocycles. The molecule has 0 spiro atoms. The first-order chi connectivity index (χ1) is 3.80. The Morgan fingerprint density at radius 3 is 2.88 bits per heavy atom. The molecule has 48 valence electrons. The van der Waals surface area contributed by atoms with Crippen LogP contribution in [0.5, 0.6) is 0 Å². The van der Waals surface area contributed by atoms with Crippen molar-refractivity contribution in [2.45, 2.75) is 6.42 Å². The number of hydrogen-bond acceptors (Lipinski definition) is 2. The summed E-state index contributed by atoms with van der Waals surface area (Å²) in [5.41, 5.74) is 0. The van der Waals surface area contributed by atoms with Crippen molar-refractivity contribution in [3.8, 4) is 0 Å². The molecule has 0 aromatic rings. The predicted molar refractivity (Wildman–Crippen MR) is 36.0 cm³/mol. The molecule has 1 saturated heterocycles. The molecule has 8 heavy (non-hydrogen) atoms. The summed E-state index contributed by atoms with van der Waals surface area (Å²) in [4.78, 5) is 5.02. The average Bonchev–Trinajstić information content (AvgIpc) is 1.77. The zero-order chi connectivity index (χ0) is 5.98. The minimum Gasteiger partial charge on any atom is -0.280 e. The van der Waals surface area contributed by atoms with Gasteiger partial charge in [0.05, 0.1) is 6.61 Å². The number of hydrogen-bond donors (Lipinski definition) is 0. The highest BCUT2D eigenvalue weighted by molar-refractivity contribution is 7.55. The summed E-state index contributed by atoms with van der Waals surface area (Å²) >= 11 is 5.61. The molecule has 1 heterocycles. The lowest BCUT2D eigenvalue weighted by Crippen LogP contribution is -2.15. The molecule has 0 amide bonds. The summed E-state index contributed by atoms with van der Waals surface area (Å²) in [6.45, 7) is 2.90. The van der Waals surface area contributed by atoms with Gasteiger partial charge in [-0.2, -0.15) is 0 Å². The largest absolute Gasteiger partial charge is 0.280 e. The maximum atomic E-state index is 5.61. The van der Waals surface area contributed by atoms with E-state index in [2.05, 4.69) is 6.66 Å². The van der Waals surface area contributed by atoms with Gasteiger partial charge in [-0.25, -0.2) is 0 Å². The molecule has 0 bridgehead atoms. The second-order valence-corrected chi connectivity index (χ2v) is 4.46. The average molecular weight is 154 g/mol. The van der Waals surface area contributed by atoms with Crippen LogP contribution >= 0.6 is 19.8 Å². The molecule has 0 N–H and O–H groups in total. The lowest BCUT2D eigenvalue weighted by molar-refractivity contribution is -0.0190. The Balaban J connectivity index is 2.28. The molecule has 1 fully saturated rings. The van der Waals surface area contributed by atoms with Gasteiger partial charge in [-0.05, 0) is 19.2 Å². The summed E-state index contributed by atoms with van der Waals surface area (Å²) in [5, 5.41) is 0. The van der Waals surface area contributed by atoms with E-state index >= 15 is 0 Å². The summed E-state index contributed by atoms with van der Waals surface area (Å²) in [7, 11) is -0.176. The van der Waals surface area contributed by atoms with Crippen molar-refractivity contribution in [1.82, 2.24) is 4.35 Å². The van der Waals surface area contributed by atoms with Crippen molar-refractivity contribution in [2.24, 2.45) is 0 Å². The van der Waals surface area contributed by atoms with Crippen LogP contribution < -0.4 is 0 Å². The molecule has 0 aliphatic carbocycles. The molecule has 0 aromatic heterocycles. The summed E-state index contributed by atoms with van der Waals surface area (Å²) in [5.74, 6) is 0. The van der Waals surface area contributed by atoms with E-state index in [1.54, 1.807) is 0 Å². The standard InChI is InChI=1S/C4H9ClNOP/c1-8-4-2-3-7-6(8)5/h2-4H2,1H3. The van der Waals surface area contributed by atoms with Gasteiger partial charge in [-0.15, -0.1) is 0 Å². The maximum Gasteiger partial charge on any atom is 0.0708 e. The van der Waals surface area contributed by atoms with Gasteiger partial charge in [0.2, 0.25) is 0 Å². The van der Waals surface area contributed by atoms with Crippen LogP contribution in [-0.4, -0.2) is 23.8 Å². The molecule has 0 radical (unpaired) electrons. The lowest BCUT2D eigenvalue weighted by atomic mass is 10.5. The summed E-state index contributed by atoms with van der Waals surface area (Å²) < 4.78 is 1.47. The monoisotopic (exact) mass is 153 g/mol. The Labute approximate surface area is 55.6 Å². The van der Waals surface area contributed by atoms with Crippen molar-refractivity contribution >= 4 is 19.8 Å². The second kappa shape index (κ2) is 2.98. The highest BCUT2D eigenvalue weighted by atomic mass is 35.5. The normalized spacial score (nSPS) is 33.0. The molecule has 1 atom stereocenters. The Kier molecular flexibility index (Phi) is 2.51. The van der Waals surface area contributed by atoms with Gasteiger partial charge in [-0.1, -0.05) is 4.35 Å². The van der Waals surface area contributed by atoms with Crippen LogP contribution in [0.3, 0.4) is 0 Å². The van der Waals surface area contributed by atoms with E-state index in [4.69, 9.17) is 16.6 Å². The van der Waals surface area contributed by atoms with E-state index in [0.29, 0.717) is 0 Å². The van der Waals surface area contributed by atoms with Crippen LogP contribution in [0.4, 0.5) is 0 Å². The van der Waals surface area contributed by atoms with Crippen molar-refractivity contribution in [2.75, 3.05) is 19.4 Å². The van der Waals surface area contributed by atoms with Gasteiger partial charge in [-0.3, -0.25) is 4.84 Å². The molecule has 1 rings (SSSR count). The van der Waals surface area contributed by atoms with Crippen molar-refractivity contribution in [3.63, 3.8) is 0 Å². The fourth-order valence-electron chi connectivity index (χ4n) is 0.610. The Morgan fingerprint density at radius 1 is 1.75 bits per heavy atom. The number of nitrogens with zero attached hydrogens (tertiary/aromatic N) is 1. The highest BCUT2D eigenvalue weighted by Gasteiger charge is 2.15. The zero-order valence-corrected chi connectivity index (χ0v) is 6.45. The zero-order valence-electron chi connectivity index (χ0n) is 4.80. The molecular weight excluding hydrogens is 144 g/mol. The third-order valence-electron chi connectivity index (χ3n) is 1.09. The fourth-order valence-corrected chi connectivity index (χ4v) is 1.93. The van der Waals surface area contributed by atoms with E-state index in [0.717, 1.165) is 13.0 Å². The van der Waals surface area contributed by atoms with Gasteiger partial charge in [0.25, 0.3) is 0 Å². The SMILES string of the molecule is CP1CCCON1Cl. The van der Waals surface area contributed by atoms with Gasteiger partial charge in [0, 0.05) is 19.8 Å². The van der Waals surface area contributed by atoms with Gasteiger partial charge < -0.3 is 0 Å². The van der Waals surface area contributed by atoms with Crippen LogP contribution in [0.1, 0.15) is 6.42 Å². The van der Waals surface area contributed by atoms with Crippen LogP contribution in [0.25, 0.3) is 0 Å². The van der Waals surface area contributed by atoms with E-state index in [-0.39, 0.29) is 8.07 Å². The topological polar surface area (TPSA) is 12.5 Å². The minimum absolute atomic E-state index is 0.176. The van der Waals surface area contributed by atoms with Crippen LogP contribution in [0.2, 0.25) is 0 Å². The summed E-state index contributed by atoms with van der Waals surface area (Å²) in [6.07, 6.45) is 2.37. The van der Waals surface area contributed by atoms with Crippen LogP contribution in [-0.2, 0) is 4.84 Å². The predicted octanol–water partition coefficient (Wildman–Crippen LogP) is 1.80. The van der Waals surface area contributed by atoms with Gasteiger partial charge in [0.15, 0.2) is 0 Å². The minimum atomic E-state index is -0.176. The maximum absolute atomic E-state index is 5.61. The number of halogens is 1. The van der Waals surface area contributed by atoms with E-state index in [1.807, 2.05) is 0 Å². The Morgan fingerprint density at radius 2 is 2.50 bits per heavy atom. The number of rotatable bonds is 0. The summed E-state index contributed by atoms with van der Waals surface area (Å²) in [6, 6.07) is 0. The fraction of sp³-hybridized carbons (Fsp3) is 1.00. The van der Waals surface area contributed by atoms with E-state index in [9.17, 15) is 0 Å². The first-order valence-corrected chi connectivity index (χ1v) is 4.87. The molecule has 1 aliphatic rings. The highest BCUT2D eigenvalue weighted by Crippen LogP contribution is 2.41. The lowest BCUT2D eigenvalue weighted by Gasteiger charge is -2.25. The third kappa shape index (κ3) is 1.56. The molecule has 1 unspecified atom stereocenters. The quantitative estimate of drug-likeness (QED) is 0.389. The third-order valence-corrected chi connectivity index (χ3v) is 3.58. The molecule has 4 heteroatoms. The first-order valence-electron chi connectivity index (χ1n) is 2.60. The van der Waals surface area contributed by atoms with Crippen molar-refractivity contribution in [3.05, 3.63) is 0 Å². The second-order valence-electron chi connectivity index (χ2n) is 1.79.